The van der Waals surface area contributed by atoms with Gasteiger partial charge in [-0.1, -0.05) is 73.8 Å². The Kier molecular flexibility index (Phi) is 21.2. The molecule has 1 aromatic rings. The van der Waals surface area contributed by atoms with E-state index in [1.807, 2.05) is 47.7 Å². The van der Waals surface area contributed by atoms with Crippen LogP contribution in [-0.4, -0.2) is 35.9 Å². The SMILES string of the molecule is C/C1=C(F)\C=C/CC[N+](C)(C/C=C(\C)N)C1c1ccc(C(F)(F)F)cc1O.CC.CC.CCC(C)CCCC(F)CC. The van der Waals surface area contributed by atoms with Gasteiger partial charge < -0.3 is 15.3 Å². The second-order valence-electron chi connectivity index (χ2n) is 10.7. The highest BCUT2D eigenvalue weighted by molar-refractivity contribution is 5.43. The van der Waals surface area contributed by atoms with Crippen molar-refractivity contribution in [1.82, 2.24) is 0 Å². The maximum atomic E-state index is 14.6. The lowest BCUT2D eigenvalue weighted by Gasteiger charge is -2.42. The molecule has 0 saturated carbocycles. The number of allylic oxidation sites excluding steroid dienone is 3. The third-order valence-corrected chi connectivity index (χ3v) is 7.32. The number of aromatic hydroxyl groups is 1. The minimum Gasteiger partial charge on any atom is -0.507 e. The van der Waals surface area contributed by atoms with E-state index in [1.165, 1.54) is 25.0 Å². The first-order chi connectivity index (χ1) is 19.7. The lowest BCUT2D eigenvalue weighted by atomic mass is 9.91. The summed E-state index contributed by atoms with van der Waals surface area (Å²) in [6.45, 7) is 18.7. The van der Waals surface area contributed by atoms with Crippen molar-refractivity contribution >= 4 is 0 Å². The van der Waals surface area contributed by atoms with E-state index < -0.39 is 35.5 Å². The summed E-state index contributed by atoms with van der Waals surface area (Å²) in [5, 5.41) is 10.4. The molecule has 0 amide bonds. The molecule has 0 bridgehead atoms. The first-order valence-corrected chi connectivity index (χ1v) is 15.5. The molecule has 0 spiro atoms. The standard InChI is InChI=1S/C20H24F4N2O.C10H21F.2C2H6/c1-13(25)9-11-26(3)10-5-4-6-17(21)14(2)19(26)16-8-7-15(12-18(16)27)20(22,23)24;1-4-9(3)7-6-8-10(11)5-2;2*1-2/h4,6-9,12,19H,5,10-11,25H2,1-3H3;9-10H,4-8H2,1-3H3;2*1-2H3/p+1/b6-4-,13-9+,17-14-;;;. The molecule has 8 heteroatoms. The number of rotatable bonds is 9. The van der Waals surface area contributed by atoms with Crippen LogP contribution >= 0.6 is 0 Å². The fourth-order valence-electron chi connectivity index (χ4n) is 4.58. The van der Waals surface area contributed by atoms with Gasteiger partial charge in [-0.15, -0.1) is 0 Å². The molecule has 0 aliphatic carbocycles. The Morgan fingerprint density at radius 2 is 1.71 bits per heavy atom. The zero-order chi connectivity index (χ0) is 33.1. The molecular formula is C34H58F5N2O+. The van der Waals surface area contributed by atoms with Gasteiger partial charge in [-0.25, -0.2) is 8.78 Å². The van der Waals surface area contributed by atoms with Gasteiger partial charge in [0.1, 0.15) is 17.6 Å². The summed E-state index contributed by atoms with van der Waals surface area (Å²) in [6, 6.07) is 2.21. The first kappa shape index (κ1) is 41.8. The number of hydrogen-bond acceptors (Lipinski definition) is 2. The molecule has 0 aromatic heterocycles. The predicted molar refractivity (Wildman–Crippen MR) is 168 cm³/mol. The van der Waals surface area contributed by atoms with Crippen LogP contribution in [0.5, 0.6) is 5.75 Å². The molecule has 0 saturated heterocycles. The molecule has 4 unspecified atom stereocenters. The van der Waals surface area contributed by atoms with E-state index in [0.29, 0.717) is 43.3 Å². The third-order valence-electron chi connectivity index (χ3n) is 7.32. The van der Waals surface area contributed by atoms with Crippen LogP contribution in [0.1, 0.15) is 118 Å². The maximum Gasteiger partial charge on any atom is 0.416 e. The van der Waals surface area contributed by atoms with Crippen LogP contribution in [0.2, 0.25) is 0 Å². The Labute approximate surface area is 253 Å². The maximum absolute atomic E-state index is 14.6. The lowest BCUT2D eigenvalue weighted by molar-refractivity contribution is -0.928. The Bertz CT molecular complexity index is 957. The van der Waals surface area contributed by atoms with Crippen LogP contribution in [0.15, 0.2) is 53.5 Å². The highest BCUT2D eigenvalue weighted by atomic mass is 19.4. The Hall–Kier alpha value is -2.35. The Balaban J connectivity index is 0. The van der Waals surface area contributed by atoms with Crippen molar-refractivity contribution in [2.45, 2.75) is 119 Å². The molecule has 1 aliphatic heterocycles. The van der Waals surface area contributed by atoms with Crippen molar-refractivity contribution < 1.29 is 31.5 Å². The van der Waals surface area contributed by atoms with Gasteiger partial charge in [0.05, 0.1) is 37.4 Å². The molecule has 244 valence electrons. The fourth-order valence-corrected chi connectivity index (χ4v) is 4.58. The number of likely N-dealkylation sites (N-methyl/N-ethyl adjacent to an activating group) is 1. The second-order valence-corrected chi connectivity index (χ2v) is 10.7. The minimum atomic E-state index is -4.56. The number of quaternary nitrogens is 1. The molecule has 4 atom stereocenters. The Morgan fingerprint density at radius 1 is 1.12 bits per heavy atom. The molecule has 3 N–H and O–H groups in total. The third kappa shape index (κ3) is 14.7. The molecule has 1 aliphatic rings. The van der Waals surface area contributed by atoms with Gasteiger partial charge in [-0.3, -0.25) is 0 Å². The molecule has 1 heterocycles. The summed E-state index contributed by atoms with van der Waals surface area (Å²) in [6.07, 6.45) is 5.31. The van der Waals surface area contributed by atoms with Gasteiger partial charge >= 0.3 is 6.18 Å². The summed E-state index contributed by atoms with van der Waals surface area (Å²) >= 11 is 0. The summed E-state index contributed by atoms with van der Waals surface area (Å²) in [4.78, 5) is 0. The minimum absolute atomic E-state index is 0.261. The van der Waals surface area contributed by atoms with Gasteiger partial charge in [0.25, 0.3) is 0 Å². The van der Waals surface area contributed by atoms with Crippen molar-refractivity contribution in [2.75, 3.05) is 20.1 Å². The van der Waals surface area contributed by atoms with Crippen molar-refractivity contribution in [2.24, 2.45) is 11.7 Å². The van der Waals surface area contributed by atoms with Gasteiger partial charge in [0, 0.05) is 17.7 Å². The van der Waals surface area contributed by atoms with E-state index >= 15 is 0 Å². The van der Waals surface area contributed by atoms with Gasteiger partial charge in [-0.05, 0) is 63.0 Å². The second kappa shape index (κ2) is 21.4. The summed E-state index contributed by atoms with van der Waals surface area (Å²) in [5.41, 5.74) is 6.03. The number of phenolic OH excluding ortho intramolecular Hbond substituents is 1. The van der Waals surface area contributed by atoms with E-state index in [2.05, 4.69) is 13.8 Å². The number of halogens is 5. The number of alkyl halides is 4. The van der Waals surface area contributed by atoms with E-state index in [0.717, 1.165) is 24.8 Å². The monoisotopic (exact) mass is 605 g/mol. The average molecular weight is 606 g/mol. The predicted octanol–water partition coefficient (Wildman–Crippen LogP) is 11.0. The van der Waals surface area contributed by atoms with E-state index in [1.54, 1.807) is 19.9 Å². The molecule has 42 heavy (non-hydrogen) atoms. The number of nitrogens with zero attached hydrogens (tertiary/aromatic N) is 1. The van der Waals surface area contributed by atoms with E-state index in [-0.39, 0.29) is 10.0 Å². The molecule has 1 aromatic carbocycles. The number of nitrogens with two attached hydrogens (primary N) is 1. The smallest absolute Gasteiger partial charge is 0.416 e. The van der Waals surface area contributed by atoms with Crippen LogP contribution in [0.3, 0.4) is 0 Å². The van der Waals surface area contributed by atoms with Crippen LogP contribution in [0.25, 0.3) is 0 Å². The normalized spacial score (nSPS) is 22.9. The highest BCUT2D eigenvalue weighted by Crippen LogP contribution is 2.43. The van der Waals surface area contributed by atoms with Crippen LogP contribution in [-0.2, 0) is 6.18 Å². The van der Waals surface area contributed by atoms with Crippen LogP contribution in [0.4, 0.5) is 22.0 Å². The summed E-state index contributed by atoms with van der Waals surface area (Å²) in [7, 11) is 1.89. The van der Waals surface area contributed by atoms with Crippen LogP contribution < -0.4 is 5.73 Å². The summed E-state index contributed by atoms with van der Waals surface area (Å²) < 4.78 is 66.4. The van der Waals surface area contributed by atoms with Crippen LogP contribution in [0, 0.1) is 5.92 Å². The largest absolute Gasteiger partial charge is 0.507 e. The molecular weight excluding hydrogens is 547 g/mol. The number of hydrogen-bond donors (Lipinski definition) is 2. The highest BCUT2D eigenvalue weighted by Gasteiger charge is 2.39. The van der Waals surface area contributed by atoms with Crippen molar-refractivity contribution in [3.8, 4) is 5.75 Å². The number of benzene rings is 1. The molecule has 3 nitrogen and oxygen atoms in total. The molecule has 0 radical (unpaired) electrons. The Morgan fingerprint density at radius 3 is 2.19 bits per heavy atom. The van der Waals surface area contributed by atoms with E-state index in [4.69, 9.17) is 5.73 Å². The quantitative estimate of drug-likeness (QED) is 0.217. The molecule has 2 rings (SSSR count). The zero-order valence-corrected chi connectivity index (χ0v) is 27.7. The van der Waals surface area contributed by atoms with Crippen molar-refractivity contribution in [3.05, 3.63) is 64.7 Å². The number of phenols is 1. The van der Waals surface area contributed by atoms with Gasteiger partial charge in [-0.2, -0.15) is 13.2 Å². The van der Waals surface area contributed by atoms with E-state index in [9.17, 15) is 27.1 Å². The topological polar surface area (TPSA) is 46.2 Å². The van der Waals surface area contributed by atoms with Crippen molar-refractivity contribution in [1.29, 1.82) is 0 Å². The fraction of sp³-hybridized carbons (Fsp3) is 0.647. The first-order valence-electron chi connectivity index (χ1n) is 15.5. The lowest BCUT2D eigenvalue weighted by Crippen LogP contribution is -2.49. The average Bonchev–Trinajstić information content (AvgIpc) is 2.96. The zero-order valence-electron chi connectivity index (χ0n) is 27.7. The van der Waals surface area contributed by atoms with Gasteiger partial charge in [0.15, 0.2) is 0 Å². The molecule has 0 fully saturated rings. The van der Waals surface area contributed by atoms with Gasteiger partial charge in [0.2, 0.25) is 0 Å². The summed E-state index contributed by atoms with van der Waals surface area (Å²) in [5.74, 6) is -0.166. The van der Waals surface area contributed by atoms with Crippen molar-refractivity contribution in [3.63, 3.8) is 0 Å².